The number of hydrogen-bond acceptors (Lipinski definition) is 2. The summed E-state index contributed by atoms with van der Waals surface area (Å²) in [6.45, 7) is 2.19. The molecular formula is C16H17NO. The van der Waals surface area contributed by atoms with Crippen LogP contribution >= 0.6 is 0 Å². The standard InChI is InChI=1S/C16H17NO/c1-11-4-2-6-13(11)16(18)14-7-3-5-12-8-9-17-10-15(12)14/h3,5,7-11,13H,2,4,6H2,1H3. The normalized spacial score (nSPS) is 23.4. The fourth-order valence-electron chi connectivity index (χ4n) is 3.06. The monoisotopic (exact) mass is 239 g/mol. The summed E-state index contributed by atoms with van der Waals surface area (Å²) in [4.78, 5) is 16.8. The van der Waals surface area contributed by atoms with Crippen molar-refractivity contribution < 1.29 is 4.79 Å². The van der Waals surface area contributed by atoms with Crippen LogP contribution in [0.25, 0.3) is 10.8 Å². The number of benzene rings is 1. The van der Waals surface area contributed by atoms with E-state index in [-0.39, 0.29) is 5.92 Å². The van der Waals surface area contributed by atoms with Crippen molar-refractivity contribution in [2.45, 2.75) is 26.2 Å². The van der Waals surface area contributed by atoms with E-state index >= 15 is 0 Å². The summed E-state index contributed by atoms with van der Waals surface area (Å²) < 4.78 is 0. The lowest BCUT2D eigenvalue weighted by Crippen LogP contribution is -2.17. The summed E-state index contributed by atoms with van der Waals surface area (Å²) in [6, 6.07) is 7.91. The molecule has 0 N–H and O–H groups in total. The second-order valence-electron chi connectivity index (χ2n) is 5.28. The first-order chi connectivity index (χ1) is 8.77. The van der Waals surface area contributed by atoms with Crippen molar-refractivity contribution >= 4 is 16.6 Å². The zero-order chi connectivity index (χ0) is 12.5. The van der Waals surface area contributed by atoms with E-state index in [0.717, 1.165) is 22.8 Å². The smallest absolute Gasteiger partial charge is 0.166 e. The second kappa shape index (κ2) is 4.52. The molecule has 1 aromatic heterocycles. The van der Waals surface area contributed by atoms with Gasteiger partial charge in [-0.2, -0.15) is 0 Å². The molecule has 92 valence electrons. The topological polar surface area (TPSA) is 30.0 Å². The summed E-state index contributed by atoms with van der Waals surface area (Å²) in [5.41, 5.74) is 0.847. The minimum Gasteiger partial charge on any atom is -0.294 e. The molecular weight excluding hydrogens is 222 g/mol. The van der Waals surface area contributed by atoms with Crippen molar-refractivity contribution in [3.05, 3.63) is 42.2 Å². The van der Waals surface area contributed by atoms with Gasteiger partial charge in [0, 0.05) is 29.3 Å². The van der Waals surface area contributed by atoms with Crippen LogP contribution in [0.5, 0.6) is 0 Å². The van der Waals surface area contributed by atoms with Gasteiger partial charge in [-0.1, -0.05) is 31.5 Å². The second-order valence-corrected chi connectivity index (χ2v) is 5.28. The lowest BCUT2D eigenvalue weighted by molar-refractivity contribution is 0.0899. The molecule has 2 heteroatoms. The van der Waals surface area contributed by atoms with Crippen molar-refractivity contribution in [2.75, 3.05) is 0 Å². The van der Waals surface area contributed by atoms with Gasteiger partial charge in [-0.15, -0.1) is 0 Å². The number of nitrogens with zero attached hydrogens (tertiary/aromatic N) is 1. The average molecular weight is 239 g/mol. The Bertz CT molecular complexity index is 585. The third kappa shape index (κ3) is 1.82. The summed E-state index contributed by atoms with van der Waals surface area (Å²) in [7, 11) is 0. The van der Waals surface area contributed by atoms with Crippen LogP contribution in [0.1, 0.15) is 36.5 Å². The molecule has 1 aliphatic rings. The molecule has 2 atom stereocenters. The molecule has 0 spiro atoms. The fourth-order valence-corrected chi connectivity index (χ4v) is 3.06. The van der Waals surface area contributed by atoms with Gasteiger partial charge >= 0.3 is 0 Å². The van der Waals surface area contributed by atoms with E-state index in [1.807, 2.05) is 30.5 Å². The molecule has 0 saturated heterocycles. The maximum absolute atomic E-state index is 12.6. The molecule has 1 aromatic carbocycles. The van der Waals surface area contributed by atoms with Crippen LogP contribution in [0.15, 0.2) is 36.7 Å². The quantitative estimate of drug-likeness (QED) is 0.745. The van der Waals surface area contributed by atoms with Crippen molar-refractivity contribution in [1.29, 1.82) is 0 Å². The molecule has 2 aromatic rings. The van der Waals surface area contributed by atoms with Crippen LogP contribution in [-0.4, -0.2) is 10.8 Å². The predicted molar refractivity (Wildman–Crippen MR) is 72.6 cm³/mol. The first kappa shape index (κ1) is 11.4. The number of ketones is 1. The van der Waals surface area contributed by atoms with Crippen molar-refractivity contribution in [3.63, 3.8) is 0 Å². The van der Waals surface area contributed by atoms with Crippen LogP contribution in [0.3, 0.4) is 0 Å². The van der Waals surface area contributed by atoms with E-state index in [1.54, 1.807) is 6.20 Å². The van der Waals surface area contributed by atoms with E-state index in [4.69, 9.17) is 0 Å². The number of carbonyl (C=O) groups is 1. The first-order valence-corrected chi connectivity index (χ1v) is 6.64. The first-order valence-electron chi connectivity index (χ1n) is 6.64. The highest BCUT2D eigenvalue weighted by molar-refractivity contribution is 6.09. The third-order valence-electron chi connectivity index (χ3n) is 4.15. The molecule has 0 aliphatic heterocycles. The van der Waals surface area contributed by atoms with Gasteiger partial charge < -0.3 is 0 Å². The molecule has 18 heavy (non-hydrogen) atoms. The van der Waals surface area contributed by atoms with Gasteiger partial charge in [0.05, 0.1) is 0 Å². The van der Waals surface area contributed by atoms with Gasteiger partial charge in [0.25, 0.3) is 0 Å². The van der Waals surface area contributed by atoms with E-state index < -0.39 is 0 Å². The molecule has 1 aliphatic carbocycles. The van der Waals surface area contributed by atoms with E-state index in [2.05, 4.69) is 11.9 Å². The lowest BCUT2D eigenvalue weighted by Gasteiger charge is -2.15. The maximum atomic E-state index is 12.6. The predicted octanol–water partition coefficient (Wildman–Crippen LogP) is 3.85. The zero-order valence-corrected chi connectivity index (χ0v) is 10.6. The molecule has 2 unspecified atom stereocenters. The number of rotatable bonds is 2. The van der Waals surface area contributed by atoms with Crippen molar-refractivity contribution in [3.8, 4) is 0 Å². The van der Waals surface area contributed by atoms with Gasteiger partial charge in [0.15, 0.2) is 5.78 Å². The summed E-state index contributed by atoms with van der Waals surface area (Å²) >= 11 is 0. The van der Waals surface area contributed by atoms with E-state index in [9.17, 15) is 4.79 Å². The molecule has 3 rings (SSSR count). The molecule has 1 heterocycles. The highest BCUT2D eigenvalue weighted by Gasteiger charge is 2.30. The summed E-state index contributed by atoms with van der Waals surface area (Å²) in [6.07, 6.45) is 6.98. The van der Waals surface area contributed by atoms with E-state index in [0.29, 0.717) is 11.7 Å². The SMILES string of the molecule is CC1CCCC1C(=O)c1cccc2ccncc12. The number of carbonyl (C=O) groups excluding carboxylic acids is 1. The average Bonchev–Trinajstić information content (AvgIpc) is 2.83. The number of aromatic nitrogens is 1. The van der Waals surface area contributed by atoms with Crippen LogP contribution in [0, 0.1) is 11.8 Å². The maximum Gasteiger partial charge on any atom is 0.166 e. The van der Waals surface area contributed by atoms with Crippen LogP contribution in [0.2, 0.25) is 0 Å². The highest BCUT2D eigenvalue weighted by atomic mass is 16.1. The van der Waals surface area contributed by atoms with Gasteiger partial charge in [0.1, 0.15) is 0 Å². The molecule has 0 amide bonds. The molecule has 1 fully saturated rings. The third-order valence-corrected chi connectivity index (χ3v) is 4.15. The Balaban J connectivity index is 2.06. The van der Waals surface area contributed by atoms with Gasteiger partial charge in [-0.25, -0.2) is 0 Å². The Kier molecular flexibility index (Phi) is 2.86. The minimum absolute atomic E-state index is 0.204. The highest BCUT2D eigenvalue weighted by Crippen LogP contribution is 2.34. The van der Waals surface area contributed by atoms with Crippen LogP contribution < -0.4 is 0 Å². The number of hydrogen-bond donors (Lipinski definition) is 0. The Morgan fingerprint density at radius 3 is 2.94 bits per heavy atom. The van der Waals surface area contributed by atoms with Gasteiger partial charge in [0.2, 0.25) is 0 Å². The Hall–Kier alpha value is -1.70. The van der Waals surface area contributed by atoms with Gasteiger partial charge in [-0.05, 0) is 30.2 Å². The lowest BCUT2D eigenvalue weighted by atomic mass is 9.88. The largest absolute Gasteiger partial charge is 0.294 e. The minimum atomic E-state index is 0.204. The molecule has 2 nitrogen and oxygen atoms in total. The number of Topliss-reactive ketones (excluding diaryl/α,β-unsaturated/α-hetero) is 1. The van der Waals surface area contributed by atoms with Crippen molar-refractivity contribution in [1.82, 2.24) is 4.98 Å². The summed E-state index contributed by atoms with van der Waals surface area (Å²) in [5, 5.41) is 2.09. The van der Waals surface area contributed by atoms with Gasteiger partial charge in [-0.3, -0.25) is 9.78 Å². The fraction of sp³-hybridized carbons (Fsp3) is 0.375. The molecule has 0 radical (unpaired) electrons. The Morgan fingerprint density at radius 1 is 1.28 bits per heavy atom. The molecule has 0 bridgehead atoms. The Labute approximate surface area is 107 Å². The summed E-state index contributed by atoms with van der Waals surface area (Å²) in [5.74, 6) is 1.03. The van der Waals surface area contributed by atoms with Crippen molar-refractivity contribution in [2.24, 2.45) is 11.8 Å². The van der Waals surface area contributed by atoms with Crippen LogP contribution in [0.4, 0.5) is 0 Å². The van der Waals surface area contributed by atoms with Crippen LogP contribution in [-0.2, 0) is 0 Å². The van der Waals surface area contributed by atoms with E-state index in [1.165, 1.54) is 12.8 Å². The Morgan fingerprint density at radius 2 is 2.17 bits per heavy atom. The number of pyridine rings is 1. The molecule has 1 saturated carbocycles. The zero-order valence-electron chi connectivity index (χ0n) is 10.6. The number of fused-ring (bicyclic) bond motifs is 1.